The van der Waals surface area contributed by atoms with Crippen LogP contribution >= 0.6 is 0 Å². The number of amides is 1. The fraction of sp³-hybridized carbons (Fsp3) is 0.692. The van der Waals surface area contributed by atoms with Crippen LogP contribution in [0.15, 0.2) is 12.2 Å². The van der Waals surface area contributed by atoms with Crippen molar-refractivity contribution in [2.45, 2.75) is 31.5 Å². The van der Waals surface area contributed by atoms with Crippen LogP contribution in [0.25, 0.3) is 0 Å². The van der Waals surface area contributed by atoms with Crippen molar-refractivity contribution in [1.82, 2.24) is 4.90 Å². The van der Waals surface area contributed by atoms with Gasteiger partial charge in [-0.15, -0.1) is 0 Å². The van der Waals surface area contributed by atoms with Crippen molar-refractivity contribution < 1.29 is 19.4 Å². The molecule has 18 heavy (non-hydrogen) atoms. The molecule has 1 amide bonds. The number of unbranched alkanes of at least 4 members (excludes halogenated alkanes) is 1. The van der Waals surface area contributed by atoms with Crippen LogP contribution in [0.5, 0.6) is 0 Å². The maximum absolute atomic E-state index is 12.3. The zero-order valence-corrected chi connectivity index (χ0v) is 10.3. The molecule has 0 radical (unpaired) electrons. The number of carbonyl (C=O) groups excluding carboxylic acids is 2. The smallest absolute Gasteiger partial charge is 0.229 e. The van der Waals surface area contributed by atoms with Gasteiger partial charge < -0.3 is 19.5 Å². The van der Waals surface area contributed by atoms with Crippen LogP contribution in [0.3, 0.4) is 0 Å². The molecule has 5 nitrogen and oxygen atoms in total. The van der Waals surface area contributed by atoms with Gasteiger partial charge >= 0.3 is 0 Å². The third-order valence-electron chi connectivity index (χ3n) is 4.23. The summed E-state index contributed by atoms with van der Waals surface area (Å²) in [5, 5.41) is 11.2. The van der Waals surface area contributed by atoms with Gasteiger partial charge in [-0.05, 0) is 6.42 Å². The third kappa shape index (κ3) is 1.37. The average molecular weight is 250 g/mol. The van der Waals surface area contributed by atoms with Crippen molar-refractivity contribution in [2.75, 3.05) is 13.1 Å². The Labute approximate surface area is 105 Å². The molecular formula is C13H16NO4-. The summed E-state index contributed by atoms with van der Waals surface area (Å²) in [6.07, 6.45) is 5.07. The molecular weight excluding hydrogens is 234 g/mol. The van der Waals surface area contributed by atoms with E-state index in [-0.39, 0.29) is 5.91 Å². The lowest BCUT2D eigenvalue weighted by Gasteiger charge is -2.24. The van der Waals surface area contributed by atoms with Gasteiger partial charge in [0.25, 0.3) is 0 Å². The van der Waals surface area contributed by atoms with Crippen molar-refractivity contribution in [1.29, 1.82) is 0 Å². The van der Waals surface area contributed by atoms with Gasteiger partial charge in [0.05, 0.1) is 18.6 Å². The zero-order chi connectivity index (χ0) is 12.9. The van der Waals surface area contributed by atoms with Gasteiger partial charge in [0.1, 0.15) is 5.60 Å². The molecule has 0 aromatic heterocycles. The highest BCUT2D eigenvalue weighted by atomic mass is 16.5. The summed E-state index contributed by atoms with van der Waals surface area (Å²) in [6.45, 7) is 3.22. The largest absolute Gasteiger partial charge is 0.550 e. The number of rotatable bonds is 4. The number of nitrogens with zero attached hydrogens (tertiary/aromatic N) is 1. The first-order valence-electron chi connectivity index (χ1n) is 6.46. The van der Waals surface area contributed by atoms with Crippen LogP contribution < -0.4 is 5.11 Å². The molecule has 3 aliphatic rings. The monoisotopic (exact) mass is 250 g/mol. The first kappa shape index (κ1) is 11.7. The van der Waals surface area contributed by atoms with Crippen LogP contribution in [0.4, 0.5) is 0 Å². The molecule has 0 aromatic carbocycles. The molecule has 4 atom stereocenters. The summed E-state index contributed by atoms with van der Waals surface area (Å²) in [7, 11) is 0. The number of ether oxygens (including phenoxy) is 1. The Morgan fingerprint density at radius 3 is 3.11 bits per heavy atom. The van der Waals surface area contributed by atoms with Crippen molar-refractivity contribution in [3.05, 3.63) is 12.2 Å². The number of hydrogen-bond acceptors (Lipinski definition) is 4. The van der Waals surface area contributed by atoms with Gasteiger partial charge in [-0.3, -0.25) is 4.79 Å². The van der Waals surface area contributed by atoms with Gasteiger partial charge in [-0.1, -0.05) is 25.5 Å². The third-order valence-corrected chi connectivity index (χ3v) is 4.23. The predicted octanol–water partition coefficient (Wildman–Crippen LogP) is -0.682. The molecule has 5 heteroatoms. The number of fused-ring (bicyclic) bond motifs is 1. The minimum atomic E-state index is -1.18. The van der Waals surface area contributed by atoms with Crippen LogP contribution in [-0.4, -0.2) is 41.6 Å². The van der Waals surface area contributed by atoms with E-state index in [0.29, 0.717) is 13.1 Å². The summed E-state index contributed by atoms with van der Waals surface area (Å²) in [4.78, 5) is 25.2. The van der Waals surface area contributed by atoms with E-state index < -0.39 is 29.5 Å². The summed E-state index contributed by atoms with van der Waals surface area (Å²) in [6, 6.07) is 0. The first-order valence-corrected chi connectivity index (χ1v) is 6.46. The number of hydrogen-bond donors (Lipinski definition) is 0. The minimum Gasteiger partial charge on any atom is -0.550 e. The molecule has 2 saturated heterocycles. The zero-order valence-electron chi connectivity index (χ0n) is 10.3. The second kappa shape index (κ2) is 3.82. The second-order valence-electron chi connectivity index (χ2n) is 5.33. The lowest BCUT2D eigenvalue weighted by molar-refractivity contribution is -0.313. The Morgan fingerprint density at radius 1 is 1.67 bits per heavy atom. The standard InChI is InChI=1S/C13H17NO4/c1-2-3-6-14-7-13-5-4-8(18-13)9(12(16)17)10(13)11(14)15/h4-5,8-10H,2-3,6-7H2,1H3,(H,16,17)/p-1/t8-,9-,10+,13-/m0/s1. The molecule has 2 bridgehead atoms. The lowest BCUT2D eigenvalue weighted by Crippen LogP contribution is -2.45. The van der Waals surface area contributed by atoms with Gasteiger partial charge in [-0.25, -0.2) is 0 Å². The van der Waals surface area contributed by atoms with Gasteiger partial charge in [0.2, 0.25) is 5.91 Å². The van der Waals surface area contributed by atoms with Crippen LogP contribution in [-0.2, 0) is 14.3 Å². The Kier molecular flexibility index (Phi) is 2.48. The molecule has 3 heterocycles. The van der Waals surface area contributed by atoms with Crippen molar-refractivity contribution in [2.24, 2.45) is 11.8 Å². The average Bonchev–Trinajstić information content (AvgIpc) is 2.95. The van der Waals surface area contributed by atoms with E-state index in [9.17, 15) is 14.7 Å². The van der Waals surface area contributed by atoms with E-state index in [1.165, 1.54) is 0 Å². The van der Waals surface area contributed by atoms with E-state index in [0.717, 1.165) is 12.8 Å². The van der Waals surface area contributed by atoms with Crippen molar-refractivity contribution in [3.8, 4) is 0 Å². The first-order chi connectivity index (χ1) is 8.59. The number of aliphatic carboxylic acids is 1. The summed E-state index contributed by atoms with van der Waals surface area (Å²) >= 11 is 0. The highest BCUT2D eigenvalue weighted by molar-refractivity contribution is 5.90. The molecule has 3 rings (SSSR count). The second-order valence-corrected chi connectivity index (χ2v) is 5.33. The molecule has 3 aliphatic heterocycles. The predicted molar refractivity (Wildman–Crippen MR) is 60.2 cm³/mol. The molecule has 0 N–H and O–H groups in total. The van der Waals surface area contributed by atoms with E-state index in [2.05, 4.69) is 6.92 Å². The van der Waals surface area contributed by atoms with Gasteiger partial charge in [0.15, 0.2) is 0 Å². The van der Waals surface area contributed by atoms with Crippen LogP contribution in [0.2, 0.25) is 0 Å². The Balaban J connectivity index is 1.87. The normalized spacial score (nSPS) is 40.6. The topological polar surface area (TPSA) is 69.7 Å². The molecule has 0 aromatic rings. The summed E-state index contributed by atoms with van der Waals surface area (Å²) in [5.41, 5.74) is -0.708. The Hall–Kier alpha value is -1.36. The van der Waals surface area contributed by atoms with Crippen molar-refractivity contribution in [3.63, 3.8) is 0 Å². The Morgan fingerprint density at radius 2 is 2.44 bits per heavy atom. The van der Waals surface area contributed by atoms with E-state index in [1.54, 1.807) is 11.0 Å². The van der Waals surface area contributed by atoms with E-state index in [4.69, 9.17) is 4.74 Å². The highest BCUT2D eigenvalue weighted by Crippen LogP contribution is 2.51. The summed E-state index contributed by atoms with van der Waals surface area (Å²) < 4.78 is 5.74. The molecule has 0 unspecified atom stereocenters. The van der Waals surface area contributed by atoms with E-state index >= 15 is 0 Å². The quantitative estimate of drug-likeness (QED) is 0.620. The fourth-order valence-electron chi connectivity index (χ4n) is 3.39. The van der Waals surface area contributed by atoms with Gasteiger partial charge in [-0.2, -0.15) is 0 Å². The Bertz CT molecular complexity index is 433. The molecule has 0 saturated carbocycles. The van der Waals surface area contributed by atoms with Crippen molar-refractivity contribution >= 4 is 11.9 Å². The number of carboxylic acids is 1. The van der Waals surface area contributed by atoms with Gasteiger partial charge in [0, 0.05) is 18.4 Å². The molecule has 2 fully saturated rings. The van der Waals surface area contributed by atoms with Crippen LogP contribution in [0.1, 0.15) is 19.8 Å². The molecule has 98 valence electrons. The lowest BCUT2D eigenvalue weighted by atomic mass is 9.77. The summed E-state index contributed by atoms with van der Waals surface area (Å²) in [5.74, 6) is -2.69. The SMILES string of the molecule is CCCCN1C[C@]23C=C[C@H](O2)[C@H](C(=O)[O-])[C@@H]3C1=O. The maximum Gasteiger partial charge on any atom is 0.229 e. The number of carbonyl (C=O) groups is 2. The number of carboxylic acid groups (broad SMARTS) is 1. The number of likely N-dealkylation sites (tertiary alicyclic amines) is 1. The molecule has 0 aliphatic carbocycles. The fourth-order valence-corrected chi connectivity index (χ4v) is 3.39. The van der Waals surface area contributed by atoms with Crippen LogP contribution in [0, 0.1) is 11.8 Å². The highest BCUT2D eigenvalue weighted by Gasteiger charge is 2.65. The maximum atomic E-state index is 12.3. The van der Waals surface area contributed by atoms with E-state index in [1.807, 2.05) is 6.08 Å². The minimum absolute atomic E-state index is 0.0931. The molecule has 1 spiro atoms.